The van der Waals surface area contributed by atoms with Gasteiger partial charge in [0.1, 0.15) is 23.3 Å². The lowest BCUT2D eigenvalue weighted by Gasteiger charge is -2.09. The first-order chi connectivity index (χ1) is 9.22. The van der Waals surface area contributed by atoms with Crippen molar-refractivity contribution < 1.29 is 0 Å². The second kappa shape index (κ2) is 6.17. The van der Waals surface area contributed by atoms with E-state index in [2.05, 4.69) is 25.6 Å². The van der Waals surface area contributed by atoms with E-state index in [1.54, 1.807) is 0 Å². The molecule has 0 unspecified atom stereocenters. The number of imidazole rings is 1. The van der Waals surface area contributed by atoms with Gasteiger partial charge in [0.2, 0.25) is 0 Å². The van der Waals surface area contributed by atoms with Crippen molar-refractivity contribution in [3.8, 4) is 0 Å². The molecule has 0 bridgehead atoms. The Kier molecular flexibility index (Phi) is 4.33. The number of nitrogens with zero attached hydrogens (tertiary/aromatic N) is 4. The number of anilines is 2. The summed E-state index contributed by atoms with van der Waals surface area (Å²) in [6.07, 6.45) is 5.45. The van der Waals surface area contributed by atoms with Gasteiger partial charge in [-0.05, 0) is 0 Å². The van der Waals surface area contributed by atoms with Gasteiger partial charge in [0.05, 0.1) is 0 Å². The van der Waals surface area contributed by atoms with Crippen molar-refractivity contribution in [3.05, 3.63) is 30.1 Å². The number of hydrogen-bond acceptors (Lipinski definition) is 5. The van der Waals surface area contributed by atoms with Crippen LogP contribution in [0.3, 0.4) is 0 Å². The van der Waals surface area contributed by atoms with E-state index < -0.39 is 0 Å². The molecule has 6 nitrogen and oxygen atoms in total. The van der Waals surface area contributed by atoms with Gasteiger partial charge in [-0.1, -0.05) is 6.92 Å². The van der Waals surface area contributed by atoms with Crippen molar-refractivity contribution in [1.29, 1.82) is 0 Å². The molecule has 0 amide bonds. The van der Waals surface area contributed by atoms with Gasteiger partial charge in [-0.25, -0.2) is 15.0 Å². The molecule has 6 heteroatoms. The van der Waals surface area contributed by atoms with Crippen LogP contribution in [0.4, 0.5) is 11.6 Å². The van der Waals surface area contributed by atoms with E-state index >= 15 is 0 Å². The van der Waals surface area contributed by atoms with Gasteiger partial charge in [0, 0.05) is 51.9 Å². The van der Waals surface area contributed by atoms with Crippen molar-refractivity contribution in [2.24, 2.45) is 7.05 Å². The molecule has 0 spiro atoms. The Labute approximate surface area is 113 Å². The zero-order valence-corrected chi connectivity index (χ0v) is 11.6. The van der Waals surface area contributed by atoms with Gasteiger partial charge < -0.3 is 15.2 Å². The lowest BCUT2D eigenvalue weighted by molar-refractivity contribution is 0.787. The summed E-state index contributed by atoms with van der Waals surface area (Å²) >= 11 is 0. The van der Waals surface area contributed by atoms with Crippen molar-refractivity contribution in [3.63, 3.8) is 0 Å². The van der Waals surface area contributed by atoms with E-state index in [1.165, 1.54) is 0 Å². The van der Waals surface area contributed by atoms with Crippen molar-refractivity contribution in [2.45, 2.75) is 19.8 Å². The molecule has 19 heavy (non-hydrogen) atoms. The van der Waals surface area contributed by atoms with Gasteiger partial charge >= 0.3 is 0 Å². The smallest absolute Gasteiger partial charge is 0.132 e. The molecule has 102 valence electrons. The van der Waals surface area contributed by atoms with Crippen LogP contribution in [-0.4, -0.2) is 33.1 Å². The van der Waals surface area contributed by atoms with Crippen LogP contribution in [0.2, 0.25) is 0 Å². The average Bonchev–Trinajstić information content (AvgIpc) is 2.84. The van der Waals surface area contributed by atoms with Crippen LogP contribution >= 0.6 is 0 Å². The second-order valence-corrected chi connectivity index (χ2v) is 4.29. The normalized spacial score (nSPS) is 10.5. The Balaban J connectivity index is 1.97. The fraction of sp³-hybridized carbons (Fsp3) is 0.462. The molecule has 0 aromatic carbocycles. The lowest BCUT2D eigenvalue weighted by atomic mass is 10.3. The van der Waals surface area contributed by atoms with Crippen molar-refractivity contribution in [2.75, 3.05) is 24.2 Å². The first-order valence-corrected chi connectivity index (χ1v) is 6.48. The van der Waals surface area contributed by atoms with Crippen LogP contribution in [0.25, 0.3) is 0 Å². The Hall–Kier alpha value is -2.11. The molecule has 0 radical (unpaired) electrons. The highest BCUT2D eigenvalue weighted by Gasteiger charge is 2.03. The van der Waals surface area contributed by atoms with Crippen LogP contribution in [-0.2, 0) is 19.9 Å². The van der Waals surface area contributed by atoms with Gasteiger partial charge in [0.15, 0.2) is 0 Å². The number of aryl methyl sites for hydroxylation is 2. The van der Waals surface area contributed by atoms with E-state index in [0.29, 0.717) is 0 Å². The minimum atomic E-state index is 0.800. The maximum absolute atomic E-state index is 4.45. The Bertz CT molecular complexity index is 511. The minimum Gasteiger partial charge on any atom is -0.373 e. The summed E-state index contributed by atoms with van der Waals surface area (Å²) in [5.41, 5.74) is 0. The first kappa shape index (κ1) is 13.3. The SMILES string of the molecule is CCc1nc(NC)cc(NCCc2nccn2C)n1. The highest BCUT2D eigenvalue weighted by atomic mass is 15.1. The molecular formula is C13H20N6. The third-order valence-corrected chi connectivity index (χ3v) is 2.92. The number of aromatic nitrogens is 4. The average molecular weight is 260 g/mol. The third-order valence-electron chi connectivity index (χ3n) is 2.92. The van der Waals surface area contributed by atoms with Crippen molar-refractivity contribution in [1.82, 2.24) is 19.5 Å². The van der Waals surface area contributed by atoms with Crippen LogP contribution in [0.5, 0.6) is 0 Å². The van der Waals surface area contributed by atoms with Gasteiger partial charge in [-0.2, -0.15) is 0 Å². The molecule has 0 fully saturated rings. The summed E-state index contributed by atoms with van der Waals surface area (Å²) in [6, 6.07) is 1.91. The monoisotopic (exact) mass is 260 g/mol. The number of rotatable bonds is 6. The second-order valence-electron chi connectivity index (χ2n) is 4.29. The maximum atomic E-state index is 4.45. The molecule has 2 rings (SSSR count). The van der Waals surface area contributed by atoms with E-state index in [-0.39, 0.29) is 0 Å². The molecule has 0 saturated heterocycles. The Morgan fingerprint density at radius 3 is 2.68 bits per heavy atom. The highest BCUT2D eigenvalue weighted by molar-refractivity contribution is 5.47. The van der Waals surface area contributed by atoms with Crippen molar-refractivity contribution >= 4 is 11.6 Å². The largest absolute Gasteiger partial charge is 0.373 e. The number of nitrogens with one attached hydrogen (secondary N) is 2. The fourth-order valence-corrected chi connectivity index (χ4v) is 1.81. The summed E-state index contributed by atoms with van der Waals surface area (Å²) in [4.78, 5) is 13.1. The van der Waals surface area contributed by atoms with Gasteiger partial charge in [-0.15, -0.1) is 0 Å². The van der Waals surface area contributed by atoms with Crippen LogP contribution in [0, 0.1) is 0 Å². The Morgan fingerprint density at radius 1 is 1.26 bits per heavy atom. The fourth-order valence-electron chi connectivity index (χ4n) is 1.81. The van der Waals surface area contributed by atoms with Gasteiger partial charge in [0.25, 0.3) is 0 Å². The molecular weight excluding hydrogens is 240 g/mol. The highest BCUT2D eigenvalue weighted by Crippen LogP contribution is 2.11. The van der Waals surface area contributed by atoms with Crippen LogP contribution in [0.15, 0.2) is 18.5 Å². The summed E-state index contributed by atoms with van der Waals surface area (Å²) in [6.45, 7) is 2.85. The molecule has 2 aromatic heterocycles. The zero-order chi connectivity index (χ0) is 13.7. The molecule has 0 atom stereocenters. The lowest BCUT2D eigenvalue weighted by Crippen LogP contribution is -2.11. The molecule has 2 N–H and O–H groups in total. The molecule has 0 aliphatic rings. The van der Waals surface area contributed by atoms with E-state index in [4.69, 9.17) is 0 Å². The van der Waals surface area contributed by atoms with Gasteiger partial charge in [-0.3, -0.25) is 0 Å². The standard InChI is InChI=1S/C13H20N6/c1-4-10-17-11(14-2)9-12(18-10)15-6-5-13-16-7-8-19(13)3/h7-9H,4-6H2,1-3H3,(H2,14,15,17,18). The Morgan fingerprint density at radius 2 is 2.05 bits per heavy atom. The predicted octanol–water partition coefficient (Wildman–Crippen LogP) is 1.47. The maximum Gasteiger partial charge on any atom is 0.132 e. The third kappa shape index (κ3) is 3.43. The molecule has 0 aliphatic carbocycles. The van der Waals surface area contributed by atoms with Crippen LogP contribution in [0.1, 0.15) is 18.6 Å². The minimum absolute atomic E-state index is 0.800. The summed E-state index contributed by atoms with van der Waals surface area (Å²) in [5, 5.41) is 6.36. The summed E-state index contributed by atoms with van der Waals surface area (Å²) in [5.74, 6) is 3.59. The number of hydrogen-bond donors (Lipinski definition) is 2. The first-order valence-electron chi connectivity index (χ1n) is 6.48. The summed E-state index contributed by atoms with van der Waals surface area (Å²) in [7, 11) is 3.86. The van der Waals surface area contributed by atoms with Crippen LogP contribution < -0.4 is 10.6 Å². The quantitative estimate of drug-likeness (QED) is 0.823. The molecule has 0 saturated carbocycles. The molecule has 0 aliphatic heterocycles. The zero-order valence-electron chi connectivity index (χ0n) is 11.6. The topological polar surface area (TPSA) is 67.7 Å². The molecule has 2 aromatic rings. The van der Waals surface area contributed by atoms with E-state index in [0.717, 1.165) is 42.7 Å². The van der Waals surface area contributed by atoms with E-state index in [9.17, 15) is 0 Å². The predicted molar refractivity (Wildman–Crippen MR) is 76.4 cm³/mol. The summed E-state index contributed by atoms with van der Waals surface area (Å²) < 4.78 is 2.03. The van der Waals surface area contributed by atoms with E-state index in [1.807, 2.05) is 44.0 Å². The molecule has 2 heterocycles.